The van der Waals surface area contributed by atoms with Crippen molar-refractivity contribution in [3.05, 3.63) is 40.4 Å². The number of rotatable bonds is 6. The predicted molar refractivity (Wildman–Crippen MR) is 104 cm³/mol. The maximum Gasteiger partial charge on any atom is 0.312 e. The number of carbonyl (C=O) groups is 2. The lowest BCUT2D eigenvalue weighted by molar-refractivity contribution is -0.152. The van der Waals surface area contributed by atoms with E-state index < -0.39 is 5.41 Å². The highest BCUT2D eigenvalue weighted by Crippen LogP contribution is 2.43. The molecule has 4 rings (SSSR count). The number of likely N-dealkylation sites (N-methyl/N-ethyl adjacent to an activating group) is 1. The molecule has 4 heterocycles. The molecule has 8 heteroatoms. The van der Waals surface area contributed by atoms with Crippen molar-refractivity contribution in [2.75, 3.05) is 26.7 Å². The number of amides is 1. The quantitative estimate of drug-likeness (QED) is 0.689. The minimum absolute atomic E-state index is 0.0994. The van der Waals surface area contributed by atoms with Gasteiger partial charge in [-0.15, -0.1) is 11.3 Å². The first-order chi connectivity index (χ1) is 13.5. The second kappa shape index (κ2) is 8.05. The van der Waals surface area contributed by atoms with Crippen LogP contribution >= 0.6 is 11.3 Å². The van der Waals surface area contributed by atoms with Crippen LogP contribution in [0.15, 0.2) is 34.4 Å². The first kappa shape index (κ1) is 19.1. The average Bonchev–Trinajstić information content (AvgIpc) is 3.40. The van der Waals surface area contributed by atoms with Crippen LogP contribution in [-0.4, -0.2) is 59.6 Å². The number of piperidine rings is 1. The summed E-state index contributed by atoms with van der Waals surface area (Å²) in [6, 6.07) is 5.79. The molecule has 2 saturated heterocycles. The summed E-state index contributed by atoms with van der Waals surface area (Å²) in [7, 11) is 1.99. The molecule has 0 aliphatic carbocycles. The Morgan fingerprint density at radius 1 is 1.39 bits per heavy atom. The topological polar surface area (TPSA) is 75.9 Å². The van der Waals surface area contributed by atoms with Gasteiger partial charge in [-0.2, -0.15) is 0 Å². The van der Waals surface area contributed by atoms with Crippen LogP contribution in [0.2, 0.25) is 0 Å². The number of likely N-dealkylation sites (tertiary alicyclic amines) is 1. The lowest BCUT2D eigenvalue weighted by Crippen LogP contribution is -2.45. The van der Waals surface area contributed by atoms with Gasteiger partial charge in [0.1, 0.15) is 12.4 Å². The highest BCUT2D eigenvalue weighted by Gasteiger charge is 2.50. The molecular formula is C20H25N3O4S. The SMILES string of the molecule is CN(Cc1ccon1)CC1CC2(CCN(C(=O)Cc3cccs3)CC2)C(=O)O1. The molecule has 1 atom stereocenters. The number of cyclic esters (lactones) is 1. The minimum Gasteiger partial charge on any atom is -0.461 e. The monoisotopic (exact) mass is 403 g/mol. The zero-order valence-electron chi connectivity index (χ0n) is 16.0. The van der Waals surface area contributed by atoms with E-state index in [2.05, 4.69) is 10.1 Å². The van der Waals surface area contributed by atoms with E-state index in [1.54, 1.807) is 17.6 Å². The third-order valence-corrected chi connectivity index (χ3v) is 6.62. The van der Waals surface area contributed by atoms with Crippen LogP contribution in [0.4, 0.5) is 0 Å². The Hall–Kier alpha value is -2.19. The summed E-state index contributed by atoms with van der Waals surface area (Å²) < 4.78 is 10.6. The normalized spacial score (nSPS) is 21.4. The predicted octanol–water partition coefficient (Wildman–Crippen LogP) is 2.33. The lowest BCUT2D eigenvalue weighted by atomic mass is 9.76. The fourth-order valence-corrected chi connectivity index (χ4v) is 4.91. The van der Waals surface area contributed by atoms with Gasteiger partial charge < -0.3 is 14.2 Å². The molecule has 7 nitrogen and oxygen atoms in total. The Labute approximate surface area is 168 Å². The van der Waals surface area contributed by atoms with Gasteiger partial charge in [-0.3, -0.25) is 14.5 Å². The van der Waals surface area contributed by atoms with Crippen LogP contribution in [0.5, 0.6) is 0 Å². The Bertz CT molecular complexity index is 798. The zero-order chi connectivity index (χ0) is 19.6. The number of hydrogen-bond acceptors (Lipinski definition) is 7. The van der Waals surface area contributed by atoms with Gasteiger partial charge in [-0.1, -0.05) is 11.2 Å². The van der Waals surface area contributed by atoms with E-state index in [1.807, 2.05) is 35.5 Å². The smallest absolute Gasteiger partial charge is 0.312 e. The van der Waals surface area contributed by atoms with E-state index in [1.165, 1.54) is 0 Å². The van der Waals surface area contributed by atoms with Crippen LogP contribution in [0, 0.1) is 5.41 Å². The maximum absolute atomic E-state index is 12.6. The van der Waals surface area contributed by atoms with Crippen molar-refractivity contribution in [2.24, 2.45) is 5.41 Å². The molecule has 0 bridgehead atoms. The fraction of sp³-hybridized carbons (Fsp3) is 0.550. The van der Waals surface area contributed by atoms with Gasteiger partial charge in [0.15, 0.2) is 0 Å². The van der Waals surface area contributed by atoms with Gasteiger partial charge in [0.2, 0.25) is 5.91 Å². The van der Waals surface area contributed by atoms with Crippen molar-refractivity contribution >= 4 is 23.2 Å². The number of esters is 1. The first-order valence-corrected chi connectivity index (χ1v) is 10.5. The third-order valence-electron chi connectivity index (χ3n) is 5.74. The van der Waals surface area contributed by atoms with Gasteiger partial charge in [0.05, 0.1) is 17.5 Å². The summed E-state index contributed by atoms with van der Waals surface area (Å²) >= 11 is 1.60. The molecule has 2 aliphatic rings. The van der Waals surface area contributed by atoms with Gasteiger partial charge in [0.25, 0.3) is 0 Å². The van der Waals surface area contributed by atoms with E-state index in [9.17, 15) is 9.59 Å². The Balaban J connectivity index is 1.28. The molecule has 28 heavy (non-hydrogen) atoms. The zero-order valence-corrected chi connectivity index (χ0v) is 16.8. The van der Waals surface area contributed by atoms with Crippen molar-refractivity contribution in [1.82, 2.24) is 15.0 Å². The van der Waals surface area contributed by atoms with Crippen molar-refractivity contribution < 1.29 is 18.8 Å². The van der Waals surface area contributed by atoms with Gasteiger partial charge >= 0.3 is 5.97 Å². The molecule has 0 aromatic carbocycles. The summed E-state index contributed by atoms with van der Waals surface area (Å²) in [5.41, 5.74) is 0.429. The van der Waals surface area contributed by atoms with Gasteiger partial charge in [-0.05, 0) is 31.3 Å². The number of thiophene rings is 1. The lowest BCUT2D eigenvalue weighted by Gasteiger charge is -2.36. The second-order valence-electron chi connectivity index (χ2n) is 7.84. The molecule has 1 spiro atoms. The molecule has 2 aromatic rings. The maximum atomic E-state index is 12.6. The highest BCUT2D eigenvalue weighted by molar-refractivity contribution is 7.10. The Kier molecular flexibility index (Phi) is 5.50. The molecule has 2 aliphatic heterocycles. The second-order valence-corrected chi connectivity index (χ2v) is 8.87. The van der Waals surface area contributed by atoms with Crippen molar-refractivity contribution in [2.45, 2.75) is 38.3 Å². The van der Waals surface area contributed by atoms with Crippen LogP contribution in [0.3, 0.4) is 0 Å². The largest absolute Gasteiger partial charge is 0.461 e. The third kappa shape index (κ3) is 4.12. The summed E-state index contributed by atoms with van der Waals surface area (Å²) in [5.74, 6) is 0.0465. The van der Waals surface area contributed by atoms with Crippen LogP contribution in [0.1, 0.15) is 29.8 Å². The molecule has 2 aromatic heterocycles. The van der Waals surface area contributed by atoms with E-state index in [0.29, 0.717) is 45.4 Å². The Morgan fingerprint density at radius 2 is 2.21 bits per heavy atom. The van der Waals surface area contributed by atoms with Crippen molar-refractivity contribution in [1.29, 1.82) is 0 Å². The number of nitrogens with zero attached hydrogens (tertiary/aromatic N) is 3. The Morgan fingerprint density at radius 3 is 2.89 bits per heavy atom. The summed E-state index contributed by atoms with van der Waals surface area (Å²) in [5, 5.41) is 5.91. The standard InChI is InChI=1S/C20H25N3O4S/c1-22(13-15-4-9-26-21-15)14-16-12-20(19(25)27-16)5-7-23(8-6-20)18(24)11-17-3-2-10-28-17/h2-4,9-10,16H,5-8,11-14H2,1H3. The van der Waals surface area contributed by atoms with Crippen molar-refractivity contribution in [3.63, 3.8) is 0 Å². The summed E-state index contributed by atoms with van der Waals surface area (Å²) in [4.78, 5) is 30.2. The molecular weight excluding hydrogens is 378 g/mol. The molecule has 1 amide bonds. The molecule has 0 saturated carbocycles. The first-order valence-electron chi connectivity index (χ1n) is 9.63. The molecule has 0 radical (unpaired) electrons. The van der Waals surface area contributed by atoms with Gasteiger partial charge in [0, 0.05) is 43.5 Å². The molecule has 1 unspecified atom stereocenters. The highest BCUT2D eigenvalue weighted by atomic mass is 32.1. The molecule has 2 fully saturated rings. The molecule has 0 N–H and O–H groups in total. The van der Waals surface area contributed by atoms with E-state index in [4.69, 9.17) is 9.26 Å². The van der Waals surface area contributed by atoms with E-state index >= 15 is 0 Å². The van der Waals surface area contributed by atoms with Crippen LogP contribution < -0.4 is 0 Å². The number of aromatic nitrogens is 1. The average molecular weight is 404 g/mol. The molecule has 150 valence electrons. The van der Waals surface area contributed by atoms with Crippen LogP contribution in [-0.2, 0) is 27.3 Å². The van der Waals surface area contributed by atoms with Gasteiger partial charge in [-0.25, -0.2) is 0 Å². The minimum atomic E-state index is -0.431. The summed E-state index contributed by atoms with van der Waals surface area (Å²) in [6.45, 7) is 2.57. The van der Waals surface area contributed by atoms with E-state index in [-0.39, 0.29) is 18.0 Å². The van der Waals surface area contributed by atoms with Crippen LogP contribution in [0.25, 0.3) is 0 Å². The fourth-order valence-electron chi connectivity index (χ4n) is 4.21. The van der Waals surface area contributed by atoms with Crippen molar-refractivity contribution in [3.8, 4) is 0 Å². The number of ether oxygens (including phenoxy) is 1. The number of hydrogen-bond donors (Lipinski definition) is 0. The van der Waals surface area contributed by atoms with E-state index in [0.717, 1.165) is 17.0 Å². The summed E-state index contributed by atoms with van der Waals surface area (Å²) in [6.07, 6.45) is 3.99. The number of carbonyl (C=O) groups excluding carboxylic acids is 2.